The molecule has 0 aliphatic rings. The highest BCUT2D eigenvalue weighted by molar-refractivity contribution is 5.92. The number of ether oxygens (including phenoxy) is 1. The van der Waals surface area contributed by atoms with Crippen LogP contribution in [0, 0.1) is 6.92 Å². The molecule has 0 aliphatic carbocycles. The Hall–Kier alpha value is -1.75. The van der Waals surface area contributed by atoms with Crippen molar-refractivity contribution < 1.29 is 40.3 Å². The summed E-state index contributed by atoms with van der Waals surface area (Å²) >= 11 is 0. The minimum Gasteiger partial charge on any atom is -0.453 e. The maximum Gasteiger partial charge on any atom is 0.423 e. The van der Waals surface area contributed by atoms with E-state index in [1.54, 1.807) is 5.43 Å². The molecule has 1 rings (SSSR count). The fourth-order valence-corrected chi connectivity index (χ4v) is 1.45. The van der Waals surface area contributed by atoms with Crippen molar-refractivity contribution in [3.8, 4) is 0 Å². The van der Waals surface area contributed by atoms with Crippen molar-refractivity contribution in [2.45, 2.75) is 32.0 Å². The lowest BCUT2D eigenvalue weighted by Gasteiger charge is -2.22. The summed E-state index contributed by atoms with van der Waals surface area (Å²) in [4.78, 5) is 11.2. The van der Waals surface area contributed by atoms with E-state index in [1.807, 2.05) is 0 Å². The maximum absolute atomic E-state index is 12.2. The Balaban J connectivity index is 2.85. The lowest BCUT2D eigenvalue weighted by Crippen LogP contribution is -2.44. The third-order valence-electron chi connectivity index (χ3n) is 2.29. The van der Waals surface area contributed by atoms with E-state index in [-0.39, 0.29) is 17.1 Å². The van der Waals surface area contributed by atoms with E-state index in [1.165, 1.54) is 6.92 Å². The molecule has 3 N–H and O–H groups in total. The van der Waals surface area contributed by atoms with Gasteiger partial charge in [-0.05, 0) is 13.0 Å². The van der Waals surface area contributed by atoms with E-state index in [4.69, 9.17) is 10.3 Å². The minimum atomic E-state index is -5.61. The number of nitrogen functional groups attached to an aromatic ring is 1. The monoisotopic (exact) mass is 320 g/mol. The molecule has 0 radical (unpaired) electrons. The molecule has 0 bridgehead atoms. The molecule has 0 spiro atoms. The van der Waals surface area contributed by atoms with Gasteiger partial charge >= 0.3 is 18.3 Å². The molecule has 0 aromatic carbocycles. The molecule has 1 aromatic rings. The van der Waals surface area contributed by atoms with Gasteiger partial charge in [0.2, 0.25) is 6.10 Å². The standard InChI is InChI=1S/C10H10F6N2O3/c1-4-2-5(21-6(4)7(19)18-17)3-20-8(9(11,12)13)10(14,15)16/h2,8H,3,17H2,1H3,(H,18,19). The third kappa shape index (κ3) is 4.36. The van der Waals surface area contributed by atoms with E-state index < -0.39 is 31.0 Å². The summed E-state index contributed by atoms with van der Waals surface area (Å²) in [6.07, 6.45) is -15.2. The highest BCUT2D eigenvalue weighted by atomic mass is 19.4. The largest absolute Gasteiger partial charge is 0.453 e. The molecule has 21 heavy (non-hydrogen) atoms. The van der Waals surface area contributed by atoms with Gasteiger partial charge in [0.05, 0.1) is 0 Å². The summed E-state index contributed by atoms with van der Waals surface area (Å²) < 4.78 is 82.0. The SMILES string of the molecule is Cc1cc(COC(C(F)(F)F)C(F)(F)F)oc1C(=O)NN. The van der Waals surface area contributed by atoms with Crippen molar-refractivity contribution in [1.29, 1.82) is 0 Å². The second kappa shape index (κ2) is 5.93. The molecular formula is C10H10F6N2O3. The van der Waals surface area contributed by atoms with Crippen molar-refractivity contribution in [2.75, 3.05) is 0 Å². The summed E-state index contributed by atoms with van der Waals surface area (Å²) in [5, 5.41) is 0. The minimum absolute atomic E-state index is 0.187. The van der Waals surface area contributed by atoms with Gasteiger partial charge in [-0.3, -0.25) is 10.2 Å². The van der Waals surface area contributed by atoms with Crippen LogP contribution in [0.1, 0.15) is 21.9 Å². The first kappa shape index (κ1) is 17.3. The van der Waals surface area contributed by atoms with Gasteiger partial charge in [0, 0.05) is 5.56 Å². The van der Waals surface area contributed by atoms with Crippen LogP contribution in [0.3, 0.4) is 0 Å². The van der Waals surface area contributed by atoms with Gasteiger partial charge < -0.3 is 9.15 Å². The number of aryl methyl sites for hydroxylation is 1. The number of rotatable bonds is 4. The number of halogens is 6. The molecule has 0 aliphatic heterocycles. The van der Waals surface area contributed by atoms with Crippen molar-refractivity contribution in [3.63, 3.8) is 0 Å². The van der Waals surface area contributed by atoms with Crippen LogP contribution < -0.4 is 11.3 Å². The van der Waals surface area contributed by atoms with Crippen LogP contribution >= 0.6 is 0 Å². The average molecular weight is 320 g/mol. The van der Waals surface area contributed by atoms with Crippen LogP contribution in [0.15, 0.2) is 10.5 Å². The topological polar surface area (TPSA) is 77.5 Å². The summed E-state index contributed by atoms with van der Waals surface area (Å²) in [5.41, 5.74) is 1.90. The van der Waals surface area contributed by atoms with Crippen LogP contribution in [0.5, 0.6) is 0 Å². The van der Waals surface area contributed by atoms with Gasteiger partial charge in [0.25, 0.3) is 0 Å². The first-order valence-electron chi connectivity index (χ1n) is 5.32. The zero-order valence-corrected chi connectivity index (χ0v) is 10.4. The van der Waals surface area contributed by atoms with Crippen LogP contribution in [0.25, 0.3) is 0 Å². The fourth-order valence-electron chi connectivity index (χ4n) is 1.45. The number of amides is 1. The van der Waals surface area contributed by atoms with Crippen LogP contribution in [0.4, 0.5) is 26.3 Å². The van der Waals surface area contributed by atoms with Crippen molar-refractivity contribution in [1.82, 2.24) is 5.43 Å². The number of hydrogen-bond acceptors (Lipinski definition) is 4. The van der Waals surface area contributed by atoms with Gasteiger partial charge in [-0.2, -0.15) is 26.3 Å². The van der Waals surface area contributed by atoms with E-state index in [2.05, 4.69) is 4.74 Å². The number of hydrogen-bond donors (Lipinski definition) is 2. The Kier molecular flexibility index (Phi) is 4.89. The molecule has 1 heterocycles. The van der Waals surface area contributed by atoms with E-state index in [9.17, 15) is 31.1 Å². The molecule has 1 aromatic heterocycles. The first-order valence-corrected chi connectivity index (χ1v) is 5.32. The predicted molar refractivity (Wildman–Crippen MR) is 55.8 cm³/mol. The van der Waals surface area contributed by atoms with E-state index >= 15 is 0 Å². The number of furan rings is 1. The molecular weight excluding hydrogens is 310 g/mol. The lowest BCUT2D eigenvalue weighted by molar-refractivity contribution is -0.325. The predicted octanol–water partition coefficient (Wildman–Crippen LogP) is 2.20. The molecule has 0 saturated heterocycles. The third-order valence-corrected chi connectivity index (χ3v) is 2.29. The summed E-state index contributed by atoms with van der Waals surface area (Å²) in [7, 11) is 0. The molecule has 0 fully saturated rings. The van der Waals surface area contributed by atoms with Gasteiger partial charge in [-0.15, -0.1) is 0 Å². The smallest absolute Gasteiger partial charge is 0.423 e. The molecule has 0 atom stereocenters. The Labute approximate surface area is 114 Å². The zero-order valence-electron chi connectivity index (χ0n) is 10.4. The molecule has 120 valence electrons. The molecule has 11 heteroatoms. The van der Waals surface area contributed by atoms with Crippen molar-refractivity contribution >= 4 is 5.91 Å². The van der Waals surface area contributed by atoms with Crippen molar-refractivity contribution in [3.05, 3.63) is 23.2 Å². The second-order valence-electron chi connectivity index (χ2n) is 3.97. The lowest BCUT2D eigenvalue weighted by atomic mass is 10.2. The van der Waals surface area contributed by atoms with Crippen LogP contribution in [-0.2, 0) is 11.3 Å². The number of alkyl halides is 6. The molecule has 1 amide bonds. The Morgan fingerprint density at radius 2 is 1.86 bits per heavy atom. The Morgan fingerprint density at radius 1 is 1.33 bits per heavy atom. The van der Waals surface area contributed by atoms with Gasteiger partial charge in [-0.25, -0.2) is 5.84 Å². The summed E-state index contributed by atoms with van der Waals surface area (Å²) in [6, 6.07) is 1.08. The molecule has 5 nitrogen and oxygen atoms in total. The van der Waals surface area contributed by atoms with Crippen LogP contribution in [-0.4, -0.2) is 24.4 Å². The van der Waals surface area contributed by atoms with E-state index in [0.29, 0.717) is 0 Å². The highest BCUT2D eigenvalue weighted by Crippen LogP contribution is 2.36. The van der Waals surface area contributed by atoms with Crippen molar-refractivity contribution in [2.24, 2.45) is 5.84 Å². The molecule has 0 unspecified atom stereocenters. The number of nitrogens with two attached hydrogens (primary N) is 1. The van der Waals surface area contributed by atoms with Gasteiger partial charge in [0.15, 0.2) is 5.76 Å². The zero-order chi connectivity index (χ0) is 16.4. The Bertz CT molecular complexity index is 494. The number of nitrogens with one attached hydrogen (secondary N) is 1. The number of hydrazine groups is 1. The number of carbonyl (C=O) groups is 1. The number of carbonyl (C=O) groups excluding carboxylic acids is 1. The highest BCUT2D eigenvalue weighted by Gasteiger charge is 2.58. The second-order valence-corrected chi connectivity index (χ2v) is 3.97. The van der Waals surface area contributed by atoms with Crippen LogP contribution in [0.2, 0.25) is 0 Å². The van der Waals surface area contributed by atoms with Gasteiger partial charge in [-0.1, -0.05) is 0 Å². The van der Waals surface area contributed by atoms with Gasteiger partial charge in [0.1, 0.15) is 12.4 Å². The summed E-state index contributed by atoms with van der Waals surface area (Å²) in [6.45, 7) is 0.255. The maximum atomic E-state index is 12.2. The fraction of sp³-hybridized carbons (Fsp3) is 0.500. The van der Waals surface area contributed by atoms with E-state index in [0.717, 1.165) is 6.07 Å². The quantitative estimate of drug-likeness (QED) is 0.386. The Morgan fingerprint density at radius 3 is 2.29 bits per heavy atom. The molecule has 0 saturated carbocycles. The normalized spacial score (nSPS) is 12.8. The average Bonchev–Trinajstić information content (AvgIpc) is 2.66. The summed E-state index contributed by atoms with van der Waals surface area (Å²) in [5.74, 6) is 3.26. The first-order chi connectivity index (χ1) is 9.46.